The minimum atomic E-state index is -0.981. The summed E-state index contributed by atoms with van der Waals surface area (Å²) < 4.78 is 5.17. The van der Waals surface area contributed by atoms with Gasteiger partial charge >= 0.3 is 5.97 Å². The highest BCUT2D eigenvalue weighted by Gasteiger charge is 2.31. The molecule has 0 saturated heterocycles. The summed E-state index contributed by atoms with van der Waals surface area (Å²) in [4.78, 5) is 17.2. The third kappa shape index (κ3) is 4.02. The molecule has 1 unspecified atom stereocenters. The van der Waals surface area contributed by atoms with E-state index in [1.807, 2.05) is 6.07 Å². The summed E-state index contributed by atoms with van der Waals surface area (Å²) in [5.41, 5.74) is 1.09. The number of carbonyl (C=O) groups is 1. The highest BCUT2D eigenvalue weighted by Crippen LogP contribution is 2.35. The molecule has 1 N–H and O–H groups in total. The Labute approximate surface area is 119 Å². The minimum Gasteiger partial charge on any atom is -0.477 e. The molecule has 1 aromatic heterocycles. The van der Waals surface area contributed by atoms with E-state index in [4.69, 9.17) is 9.84 Å². The number of hydrogen-bond donors (Lipinski definition) is 1. The summed E-state index contributed by atoms with van der Waals surface area (Å²) in [6, 6.07) is 4.04. The van der Waals surface area contributed by atoms with Gasteiger partial charge in [-0.15, -0.1) is 0 Å². The van der Waals surface area contributed by atoms with Crippen molar-refractivity contribution in [1.82, 2.24) is 9.88 Å². The zero-order chi connectivity index (χ0) is 14.5. The number of carboxylic acid groups (broad SMARTS) is 1. The van der Waals surface area contributed by atoms with E-state index in [2.05, 4.69) is 16.8 Å². The standard InChI is InChI=1S/C15H22N2O3/c1-11(13-3-4-13)17(7-8-20-2)10-12-5-6-16-14(9-12)15(18)19/h5-6,9,11,13H,3-4,7-8,10H2,1-2H3,(H,18,19). The van der Waals surface area contributed by atoms with E-state index in [-0.39, 0.29) is 5.69 Å². The molecule has 1 heterocycles. The Hall–Kier alpha value is -1.46. The first-order chi connectivity index (χ1) is 9.61. The lowest BCUT2D eigenvalue weighted by Crippen LogP contribution is -2.36. The summed E-state index contributed by atoms with van der Waals surface area (Å²) in [6.45, 7) is 4.53. The van der Waals surface area contributed by atoms with Crippen molar-refractivity contribution in [3.63, 3.8) is 0 Å². The van der Waals surface area contributed by atoms with Crippen LogP contribution in [0.15, 0.2) is 18.3 Å². The van der Waals surface area contributed by atoms with E-state index in [1.165, 1.54) is 12.8 Å². The molecular weight excluding hydrogens is 256 g/mol. The minimum absolute atomic E-state index is 0.105. The molecule has 5 nitrogen and oxygen atoms in total. The van der Waals surface area contributed by atoms with E-state index in [0.29, 0.717) is 12.6 Å². The monoisotopic (exact) mass is 278 g/mol. The number of carboxylic acids is 1. The average molecular weight is 278 g/mol. The number of aromatic nitrogens is 1. The normalized spacial score (nSPS) is 16.4. The van der Waals surface area contributed by atoms with Crippen LogP contribution in [0, 0.1) is 5.92 Å². The van der Waals surface area contributed by atoms with Crippen LogP contribution in [-0.4, -0.2) is 47.3 Å². The van der Waals surface area contributed by atoms with E-state index in [1.54, 1.807) is 19.4 Å². The van der Waals surface area contributed by atoms with Gasteiger partial charge in [0.1, 0.15) is 5.69 Å². The number of aromatic carboxylic acids is 1. The second-order valence-electron chi connectivity index (χ2n) is 5.40. The van der Waals surface area contributed by atoms with Gasteiger partial charge in [0.05, 0.1) is 6.61 Å². The molecule has 1 saturated carbocycles. The van der Waals surface area contributed by atoms with Crippen molar-refractivity contribution < 1.29 is 14.6 Å². The molecular formula is C15H22N2O3. The summed E-state index contributed by atoms with van der Waals surface area (Å²) in [7, 11) is 1.70. The molecule has 0 aromatic carbocycles. The van der Waals surface area contributed by atoms with E-state index in [9.17, 15) is 4.79 Å². The third-order valence-corrected chi connectivity index (χ3v) is 3.89. The number of hydrogen-bond acceptors (Lipinski definition) is 4. The first kappa shape index (κ1) is 14.9. The summed E-state index contributed by atoms with van der Waals surface area (Å²) in [5.74, 6) is -0.210. The molecule has 0 spiro atoms. The summed E-state index contributed by atoms with van der Waals surface area (Å²) in [6.07, 6.45) is 4.15. The van der Waals surface area contributed by atoms with Gasteiger partial charge in [-0.3, -0.25) is 4.90 Å². The molecule has 20 heavy (non-hydrogen) atoms. The van der Waals surface area contributed by atoms with Crippen LogP contribution in [0.3, 0.4) is 0 Å². The molecule has 0 bridgehead atoms. The molecule has 2 rings (SSSR count). The second kappa shape index (κ2) is 6.81. The molecule has 0 radical (unpaired) electrons. The van der Waals surface area contributed by atoms with Crippen LogP contribution < -0.4 is 0 Å². The van der Waals surface area contributed by atoms with Crippen LogP contribution >= 0.6 is 0 Å². The van der Waals surface area contributed by atoms with E-state index < -0.39 is 5.97 Å². The molecule has 0 amide bonds. The van der Waals surface area contributed by atoms with Crippen LogP contribution in [-0.2, 0) is 11.3 Å². The number of ether oxygens (including phenoxy) is 1. The predicted octanol–water partition coefficient (Wildman–Crippen LogP) is 2.03. The molecule has 1 fully saturated rings. The Morgan fingerprint density at radius 3 is 2.95 bits per heavy atom. The Bertz CT molecular complexity index is 460. The molecule has 1 aliphatic carbocycles. The van der Waals surface area contributed by atoms with Gasteiger partial charge in [0, 0.05) is 32.4 Å². The number of methoxy groups -OCH3 is 1. The molecule has 110 valence electrons. The SMILES string of the molecule is COCCN(Cc1ccnc(C(=O)O)c1)C(C)C1CC1. The Balaban J connectivity index is 2.05. The highest BCUT2D eigenvalue weighted by atomic mass is 16.5. The van der Waals surface area contributed by atoms with Crippen molar-refractivity contribution in [2.45, 2.75) is 32.4 Å². The van der Waals surface area contributed by atoms with Gasteiger partial charge in [0.2, 0.25) is 0 Å². The van der Waals surface area contributed by atoms with Gasteiger partial charge in [-0.1, -0.05) is 0 Å². The van der Waals surface area contributed by atoms with Crippen LogP contribution in [0.4, 0.5) is 0 Å². The van der Waals surface area contributed by atoms with Gasteiger partial charge in [0.15, 0.2) is 0 Å². The van der Waals surface area contributed by atoms with Crippen molar-refractivity contribution in [3.8, 4) is 0 Å². The Morgan fingerprint density at radius 2 is 2.35 bits per heavy atom. The lowest BCUT2D eigenvalue weighted by molar-refractivity contribution is 0.0690. The maximum absolute atomic E-state index is 11.0. The van der Waals surface area contributed by atoms with Crippen LogP contribution in [0.5, 0.6) is 0 Å². The van der Waals surface area contributed by atoms with Gasteiger partial charge in [0.25, 0.3) is 0 Å². The van der Waals surface area contributed by atoms with Crippen LogP contribution in [0.25, 0.3) is 0 Å². The predicted molar refractivity (Wildman–Crippen MR) is 75.7 cm³/mol. The number of nitrogens with zero attached hydrogens (tertiary/aromatic N) is 2. The Kier molecular flexibility index (Phi) is 5.09. The number of pyridine rings is 1. The van der Waals surface area contributed by atoms with Crippen LogP contribution in [0.1, 0.15) is 35.8 Å². The van der Waals surface area contributed by atoms with Crippen molar-refractivity contribution in [3.05, 3.63) is 29.6 Å². The lowest BCUT2D eigenvalue weighted by atomic mass is 10.1. The third-order valence-electron chi connectivity index (χ3n) is 3.89. The lowest BCUT2D eigenvalue weighted by Gasteiger charge is -2.29. The fraction of sp³-hybridized carbons (Fsp3) is 0.600. The Morgan fingerprint density at radius 1 is 1.60 bits per heavy atom. The van der Waals surface area contributed by atoms with Gasteiger partial charge in [-0.2, -0.15) is 0 Å². The van der Waals surface area contributed by atoms with Gasteiger partial charge in [-0.25, -0.2) is 9.78 Å². The van der Waals surface area contributed by atoms with E-state index in [0.717, 1.165) is 24.6 Å². The molecule has 0 aliphatic heterocycles. The zero-order valence-corrected chi connectivity index (χ0v) is 12.1. The fourth-order valence-corrected chi connectivity index (χ4v) is 2.44. The van der Waals surface area contributed by atoms with Gasteiger partial charge < -0.3 is 9.84 Å². The van der Waals surface area contributed by atoms with Crippen molar-refractivity contribution >= 4 is 5.97 Å². The second-order valence-corrected chi connectivity index (χ2v) is 5.40. The fourth-order valence-electron chi connectivity index (χ4n) is 2.44. The highest BCUT2D eigenvalue weighted by molar-refractivity contribution is 5.85. The molecule has 1 atom stereocenters. The molecule has 1 aliphatic rings. The topological polar surface area (TPSA) is 62.7 Å². The van der Waals surface area contributed by atoms with E-state index >= 15 is 0 Å². The summed E-state index contributed by atoms with van der Waals surface area (Å²) >= 11 is 0. The van der Waals surface area contributed by atoms with Crippen molar-refractivity contribution in [2.24, 2.45) is 5.92 Å². The smallest absolute Gasteiger partial charge is 0.354 e. The molecule has 1 aromatic rings. The first-order valence-corrected chi connectivity index (χ1v) is 7.03. The first-order valence-electron chi connectivity index (χ1n) is 7.03. The van der Waals surface area contributed by atoms with Crippen molar-refractivity contribution in [1.29, 1.82) is 0 Å². The largest absolute Gasteiger partial charge is 0.477 e. The number of rotatable bonds is 8. The molecule has 5 heteroatoms. The van der Waals surface area contributed by atoms with Gasteiger partial charge in [-0.05, 0) is 43.4 Å². The van der Waals surface area contributed by atoms with Crippen LogP contribution in [0.2, 0.25) is 0 Å². The summed E-state index contributed by atoms with van der Waals surface area (Å²) in [5, 5.41) is 9.00. The zero-order valence-electron chi connectivity index (χ0n) is 12.1. The maximum atomic E-state index is 11.0. The average Bonchev–Trinajstić information content (AvgIpc) is 3.27. The maximum Gasteiger partial charge on any atom is 0.354 e. The van der Waals surface area contributed by atoms with Crippen molar-refractivity contribution in [2.75, 3.05) is 20.3 Å². The quantitative estimate of drug-likeness (QED) is 0.788.